The van der Waals surface area contributed by atoms with Gasteiger partial charge in [-0.3, -0.25) is 10.1 Å². The molecule has 5 nitrogen and oxygen atoms in total. The molecule has 0 unspecified atom stereocenters. The van der Waals surface area contributed by atoms with E-state index in [1.165, 1.54) is 16.9 Å². The maximum atomic E-state index is 12.0. The molecule has 124 valence electrons. The topological polar surface area (TPSA) is 64.1 Å². The van der Waals surface area contributed by atoms with Crippen LogP contribution in [0.15, 0.2) is 18.2 Å². The Bertz CT molecular complexity index is 689. The number of aromatic nitrogens is 2. The molecule has 0 fully saturated rings. The molecular formula is C17H23N3O2S. The molecule has 1 N–H and O–H groups in total. The van der Waals surface area contributed by atoms with Crippen LogP contribution in [0.1, 0.15) is 43.8 Å². The van der Waals surface area contributed by atoms with Gasteiger partial charge >= 0.3 is 0 Å². The van der Waals surface area contributed by atoms with Crippen molar-refractivity contribution in [2.75, 3.05) is 11.9 Å². The van der Waals surface area contributed by atoms with Crippen molar-refractivity contribution in [3.63, 3.8) is 0 Å². The fourth-order valence-electron chi connectivity index (χ4n) is 2.10. The van der Waals surface area contributed by atoms with Crippen LogP contribution in [0, 0.1) is 6.92 Å². The van der Waals surface area contributed by atoms with Crippen molar-refractivity contribution in [2.24, 2.45) is 0 Å². The summed E-state index contributed by atoms with van der Waals surface area (Å²) in [7, 11) is 0. The predicted octanol–water partition coefficient (Wildman–Crippen LogP) is 3.72. The molecule has 0 atom stereocenters. The van der Waals surface area contributed by atoms with Crippen molar-refractivity contribution in [3.8, 4) is 5.75 Å². The van der Waals surface area contributed by atoms with Gasteiger partial charge < -0.3 is 4.74 Å². The number of carbonyl (C=O) groups excluding carboxylic acids is 1. The van der Waals surface area contributed by atoms with Crippen molar-refractivity contribution in [1.29, 1.82) is 0 Å². The van der Waals surface area contributed by atoms with Crippen LogP contribution in [-0.2, 0) is 16.6 Å². The number of carbonyl (C=O) groups is 1. The Balaban J connectivity index is 2.01. The molecule has 2 rings (SSSR count). The Morgan fingerprint density at radius 3 is 2.65 bits per heavy atom. The Morgan fingerprint density at radius 2 is 2.04 bits per heavy atom. The molecule has 0 bridgehead atoms. The second-order valence-corrected chi connectivity index (χ2v) is 7.50. The van der Waals surface area contributed by atoms with Gasteiger partial charge in [0.1, 0.15) is 10.8 Å². The first-order chi connectivity index (χ1) is 10.8. The van der Waals surface area contributed by atoms with Crippen LogP contribution in [0.3, 0.4) is 0 Å². The molecule has 0 aliphatic carbocycles. The number of anilines is 1. The summed E-state index contributed by atoms with van der Waals surface area (Å²) in [5, 5.41) is 12.0. The molecule has 0 saturated carbocycles. The monoisotopic (exact) mass is 333 g/mol. The average Bonchev–Trinajstić information content (AvgIpc) is 2.92. The van der Waals surface area contributed by atoms with E-state index in [4.69, 9.17) is 4.74 Å². The lowest BCUT2D eigenvalue weighted by molar-refractivity contribution is -0.118. The van der Waals surface area contributed by atoms with E-state index >= 15 is 0 Å². The van der Waals surface area contributed by atoms with E-state index in [0.29, 0.717) is 5.13 Å². The van der Waals surface area contributed by atoms with E-state index in [1.54, 1.807) is 0 Å². The second-order valence-electron chi connectivity index (χ2n) is 6.44. The molecular weight excluding hydrogens is 310 g/mol. The molecule has 1 amide bonds. The molecule has 2 aromatic rings. The van der Waals surface area contributed by atoms with Gasteiger partial charge in [-0.25, -0.2) is 0 Å². The summed E-state index contributed by atoms with van der Waals surface area (Å²) in [6, 6.07) is 6.01. The maximum Gasteiger partial charge on any atom is 0.264 e. The predicted molar refractivity (Wildman–Crippen MR) is 93.3 cm³/mol. The molecule has 0 radical (unpaired) electrons. The Morgan fingerprint density at radius 1 is 1.30 bits per heavy atom. The third-order valence-corrected chi connectivity index (χ3v) is 4.30. The number of nitrogens with zero attached hydrogens (tertiary/aromatic N) is 2. The lowest BCUT2D eigenvalue weighted by Gasteiger charge is -2.23. The van der Waals surface area contributed by atoms with E-state index in [2.05, 4.69) is 42.4 Å². The van der Waals surface area contributed by atoms with Crippen LogP contribution in [0.4, 0.5) is 5.13 Å². The molecule has 23 heavy (non-hydrogen) atoms. The van der Waals surface area contributed by atoms with Gasteiger partial charge in [0, 0.05) is 0 Å². The molecule has 1 aromatic carbocycles. The van der Waals surface area contributed by atoms with Crippen molar-refractivity contribution in [2.45, 2.75) is 46.5 Å². The molecule has 1 aromatic heterocycles. The average molecular weight is 333 g/mol. The van der Waals surface area contributed by atoms with E-state index in [9.17, 15) is 4.79 Å². The minimum absolute atomic E-state index is 0.0484. The first kappa shape index (κ1) is 17.4. The maximum absolute atomic E-state index is 12.0. The number of amides is 1. The zero-order valence-corrected chi connectivity index (χ0v) is 15.1. The van der Waals surface area contributed by atoms with Crippen molar-refractivity contribution >= 4 is 22.4 Å². The molecule has 0 aliphatic heterocycles. The molecule has 0 spiro atoms. The largest absolute Gasteiger partial charge is 0.483 e. The van der Waals surface area contributed by atoms with Crippen LogP contribution in [0.5, 0.6) is 5.75 Å². The number of rotatable bonds is 5. The number of ether oxygens (including phenoxy) is 1. The van der Waals surface area contributed by atoms with Gasteiger partial charge in [-0.05, 0) is 30.4 Å². The highest BCUT2D eigenvalue weighted by Gasteiger charge is 2.20. The van der Waals surface area contributed by atoms with Gasteiger partial charge in [0.15, 0.2) is 6.61 Å². The highest BCUT2D eigenvalue weighted by molar-refractivity contribution is 7.15. The molecule has 0 aliphatic rings. The van der Waals surface area contributed by atoms with Crippen LogP contribution >= 0.6 is 11.3 Å². The number of nitrogens with one attached hydrogen (secondary N) is 1. The highest BCUT2D eigenvalue weighted by Crippen LogP contribution is 2.32. The summed E-state index contributed by atoms with van der Waals surface area (Å²) in [5.74, 6) is 0.508. The highest BCUT2D eigenvalue weighted by atomic mass is 32.1. The summed E-state index contributed by atoms with van der Waals surface area (Å²) in [4.78, 5) is 12.0. The van der Waals surface area contributed by atoms with Crippen LogP contribution in [-0.4, -0.2) is 22.7 Å². The lowest BCUT2D eigenvalue weighted by atomic mass is 9.85. The molecule has 6 heteroatoms. The zero-order chi connectivity index (χ0) is 17.0. The third kappa shape index (κ3) is 4.76. The third-order valence-electron chi connectivity index (χ3n) is 3.32. The van der Waals surface area contributed by atoms with E-state index in [-0.39, 0.29) is 17.9 Å². The van der Waals surface area contributed by atoms with Gasteiger partial charge in [-0.15, -0.1) is 10.2 Å². The Hall–Kier alpha value is -1.95. The van der Waals surface area contributed by atoms with Gasteiger partial charge in [0.05, 0.1) is 0 Å². The first-order valence-electron chi connectivity index (χ1n) is 7.65. The van der Waals surface area contributed by atoms with Crippen LogP contribution < -0.4 is 10.1 Å². The molecule has 1 heterocycles. The van der Waals surface area contributed by atoms with Crippen molar-refractivity contribution in [1.82, 2.24) is 10.2 Å². The van der Waals surface area contributed by atoms with Gasteiger partial charge in [-0.1, -0.05) is 56.7 Å². The van der Waals surface area contributed by atoms with Gasteiger partial charge in [-0.2, -0.15) is 0 Å². The Labute approximate surface area is 141 Å². The van der Waals surface area contributed by atoms with Gasteiger partial charge in [0.2, 0.25) is 5.13 Å². The smallest absolute Gasteiger partial charge is 0.264 e. The second kappa shape index (κ2) is 7.08. The molecule has 0 saturated heterocycles. The Kier molecular flexibility index (Phi) is 5.36. The lowest BCUT2D eigenvalue weighted by Crippen LogP contribution is -2.22. The first-order valence-corrected chi connectivity index (χ1v) is 8.47. The van der Waals surface area contributed by atoms with Crippen molar-refractivity contribution < 1.29 is 9.53 Å². The number of aryl methyl sites for hydroxylation is 2. The minimum atomic E-state index is -0.232. The summed E-state index contributed by atoms with van der Waals surface area (Å²) in [6.07, 6.45) is 0.808. The number of hydrogen-bond acceptors (Lipinski definition) is 5. The SMILES string of the molecule is CCc1nnc(NC(=O)COc2ccc(C)cc2C(C)(C)C)s1. The van der Waals surface area contributed by atoms with Crippen LogP contribution in [0.2, 0.25) is 0 Å². The quantitative estimate of drug-likeness (QED) is 0.905. The zero-order valence-electron chi connectivity index (χ0n) is 14.3. The number of benzene rings is 1. The minimum Gasteiger partial charge on any atom is -0.483 e. The van der Waals surface area contributed by atoms with Crippen molar-refractivity contribution in [3.05, 3.63) is 34.3 Å². The summed E-state index contributed by atoms with van der Waals surface area (Å²) >= 11 is 1.38. The van der Waals surface area contributed by atoms with Gasteiger partial charge in [0.25, 0.3) is 5.91 Å². The fraction of sp³-hybridized carbons (Fsp3) is 0.471. The normalized spacial score (nSPS) is 11.3. The fourth-order valence-corrected chi connectivity index (χ4v) is 2.80. The summed E-state index contributed by atoms with van der Waals surface area (Å²) in [6.45, 7) is 10.4. The summed E-state index contributed by atoms with van der Waals surface area (Å²) in [5.41, 5.74) is 2.22. The van der Waals surface area contributed by atoms with Crippen LogP contribution in [0.25, 0.3) is 0 Å². The van der Waals surface area contributed by atoms with E-state index in [0.717, 1.165) is 22.7 Å². The standard InChI is InChI=1S/C17H23N3O2S/c1-6-15-19-20-16(23-15)18-14(21)10-22-13-8-7-11(2)9-12(13)17(3,4)5/h7-9H,6,10H2,1-5H3,(H,18,20,21). The van der Waals surface area contributed by atoms with E-state index < -0.39 is 0 Å². The summed E-state index contributed by atoms with van der Waals surface area (Å²) < 4.78 is 5.73. The van der Waals surface area contributed by atoms with E-state index in [1.807, 2.05) is 26.0 Å². The number of hydrogen-bond donors (Lipinski definition) is 1.